The van der Waals surface area contributed by atoms with Gasteiger partial charge in [0.15, 0.2) is 0 Å². The maximum Gasteiger partial charge on any atom is 0.243 e. The maximum absolute atomic E-state index is 12.6. The van der Waals surface area contributed by atoms with Crippen LogP contribution in [0.4, 0.5) is 5.69 Å². The van der Waals surface area contributed by atoms with Gasteiger partial charge in [-0.3, -0.25) is 0 Å². The molecule has 0 aromatic heterocycles. The molecule has 2 N–H and O–H groups in total. The lowest BCUT2D eigenvalue weighted by molar-refractivity contribution is 0.441. The molecule has 0 radical (unpaired) electrons. The van der Waals surface area contributed by atoms with Gasteiger partial charge in [-0.15, -0.1) is 6.58 Å². The minimum atomic E-state index is -3.55. The number of hydrogen-bond acceptors (Lipinski definition) is 3. The summed E-state index contributed by atoms with van der Waals surface area (Å²) in [6, 6.07) is 3.29. The molecule has 0 spiro atoms. The Morgan fingerprint density at radius 2 is 2.11 bits per heavy atom. The van der Waals surface area contributed by atoms with Gasteiger partial charge in [0.1, 0.15) is 0 Å². The van der Waals surface area contributed by atoms with Crippen molar-refractivity contribution in [2.24, 2.45) is 0 Å². The molecule has 6 heteroatoms. The minimum absolute atomic E-state index is 0.245. The van der Waals surface area contributed by atoms with Crippen LogP contribution in [0, 0.1) is 6.92 Å². The molecular formula is C13H19BrN2O2S. The van der Waals surface area contributed by atoms with Gasteiger partial charge in [0.2, 0.25) is 10.0 Å². The molecule has 0 bridgehead atoms. The van der Waals surface area contributed by atoms with Gasteiger partial charge < -0.3 is 5.73 Å². The Morgan fingerprint density at radius 3 is 2.63 bits per heavy atom. The molecule has 1 aromatic rings. The first kappa shape index (κ1) is 16.2. The van der Waals surface area contributed by atoms with Crippen molar-refractivity contribution >= 4 is 31.6 Å². The molecule has 1 aromatic carbocycles. The second-order valence-electron chi connectivity index (χ2n) is 4.27. The summed E-state index contributed by atoms with van der Waals surface area (Å²) >= 11 is 3.28. The van der Waals surface area contributed by atoms with Crippen molar-refractivity contribution in [3.8, 4) is 0 Å². The lowest BCUT2D eigenvalue weighted by atomic mass is 10.2. The Kier molecular flexibility index (Phi) is 5.58. The molecule has 0 heterocycles. The highest BCUT2D eigenvalue weighted by atomic mass is 79.9. The van der Waals surface area contributed by atoms with E-state index in [1.165, 1.54) is 4.31 Å². The van der Waals surface area contributed by atoms with Gasteiger partial charge in [-0.05, 0) is 31.0 Å². The summed E-state index contributed by atoms with van der Waals surface area (Å²) < 4.78 is 27.3. The quantitative estimate of drug-likeness (QED) is 0.636. The van der Waals surface area contributed by atoms with Gasteiger partial charge in [-0.1, -0.05) is 28.9 Å². The van der Waals surface area contributed by atoms with E-state index in [2.05, 4.69) is 22.5 Å². The van der Waals surface area contributed by atoms with E-state index in [1.54, 1.807) is 25.1 Å². The number of sulfonamides is 1. The van der Waals surface area contributed by atoms with E-state index in [1.807, 2.05) is 6.92 Å². The maximum atomic E-state index is 12.6. The van der Waals surface area contributed by atoms with Gasteiger partial charge in [-0.25, -0.2) is 8.42 Å². The Bertz CT molecular complexity index is 570. The highest BCUT2D eigenvalue weighted by Gasteiger charge is 2.25. The van der Waals surface area contributed by atoms with Crippen LogP contribution in [0.15, 0.2) is 34.2 Å². The fraction of sp³-hybridized carbons (Fsp3) is 0.385. The second-order valence-corrected chi connectivity index (χ2v) is 7.09. The second kappa shape index (κ2) is 6.54. The number of benzene rings is 1. The summed E-state index contributed by atoms with van der Waals surface area (Å²) in [5.41, 5.74) is 6.87. The van der Waals surface area contributed by atoms with E-state index in [-0.39, 0.29) is 4.90 Å². The highest BCUT2D eigenvalue weighted by molar-refractivity contribution is 9.10. The lowest BCUT2D eigenvalue weighted by Gasteiger charge is -2.21. The van der Waals surface area contributed by atoms with Gasteiger partial charge in [0.25, 0.3) is 0 Å². The van der Waals surface area contributed by atoms with Crippen LogP contribution in [0.5, 0.6) is 0 Å². The Hall–Kier alpha value is -0.850. The fourth-order valence-electron chi connectivity index (χ4n) is 1.78. The van der Waals surface area contributed by atoms with Crippen LogP contribution < -0.4 is 5.73 Å². The van der Waals surface area contributed by atoms with Crippen LogP contribution in [0.2, 0.25) is 0 Å². The monoisotopic (exact) mass is 346 g/mol. The van der Waals surface area contributed by atoms with Gasteiger partial charge >= 0.3 is 0 Å². The molecule has 106 valence electrons. The average molecular weight is 347 g/mol. The van der Waals surface area contributed by atoms with Crippen molar-refractivity contribution in [1.29, 1.82) is 0 Å². The van der Waals surface area contributed by atoms with E-state index in [4.69, 9.17) is 5.73 Å². The van der Waals surface area contributed by atoms with E-state index < -0.39 is 10.0 Å². The molecule has 0 aliphatic carbocycles. The molecule has 0 aliphatic rings. The summed E-state index contributed by atoms with van der Waals surface area (Å²) in [5, 5.41) is 0. The molecule has 0 atom stereocenters. The SMILES string of the molecule is C=CCN(CCC)S(=O)(=O)c1cc(Br)cc(N)c1C. The molecule has 0 saturated heterocycles. The van der Waals surface area contributed by atoms with Gasteiger partial charge in [-0.2, -0.15) is 4.31 Å². The molecule has 1 rings (SSSR count). The first-order valence-electron chi connectivity index (χ1n) is 6.01. The Balaban J connectivity index is 3.36. The zero-order valence-electron chi connectivity index (χ0n) is 11.2. The molecule has 19 heavy (non-hydrogen) atoms. The Morgan fingerprint density at radius 1 is 1.47 bits per heavy atom. The van der Waals surface area contributed by atoms with Crippen LogP contribution in [-0.4, -0.2) is 25.8 Å². The number of hydrogen-bond donors (Lipinski definition) is 1. The fourth-order valence-corrected chi connectivity index (χ4v) is 4.19. The van der Waals surface area contributed by atoms with E-state index >= 15 is 0 Å². The number of halogens is 1. The number of nitrogens with zero attached hydrogens (tertiary/aromatic N) is 1. The van der Waals surface area contributed by atoms with Crippen molar-refractivity contribution < 1.29 is 8.42 Å². The molecule has 4 nitrogen and oxygen atoms in total. The number of rotatable bonds is 6. The van der Waals surface area contributed by atoms with Crippen molar-refractivity contribution in [3.05, 3.63) is 34.8 Å². The number of nitrogens with two attached hydrogens (primary N) is 1. The van der Waals surface area contributed by atoms with Gasteiger partial charge in [0.05, 0.1) is 4.90 Å². The topological polar surface area (TPSA) is 63.4 Å². The van der Waals surface area contributed by atoms with E-state index in [9.17, 15) is 8.42 Å². The zero-order valence-corrected chi connectivity index (χ0v) is 13.6. The van der Waals surface area contributed by atoms with Crippen LogP contribution in [0.3, 0.4) is 0 Å². The van der Waals surface area contributed by atoms with E-state index in [0.717, 1.165) is 6.42 Å². The predicted molar refractivity (Wildman–Crippen MR) is 82.5 cm³/mol. The zero-order chi connectivity index (χ0) is 14.6. The van der Waals surface area contributed by atoms with E-state index in [0.29, 0.717) is 28.8 Å². The molecular weight excluding hydrogens is 328 g/mol. The van der Waals surface area contributed by atoms with Crippen molar-refractivity contribution in [2.75, 3.05) is 18.8 Å². The summed E-state index contributed by atoms with van der Waals surface area (Å²) in [6.45, 7) is 8.01. The van der Waals surface area contributed by atoms with Crippen LogP contribution in [-0.2, 0) is 10.0 Å². The highest BCUT2D eigenvalue weighted by Crippen LogP contribution is 2.28. The lowest BCUT2D eigenvalue weighted by Crippen LogP contribution is -2.32. The minimum Gasteiger partial charge on any atom is -0.398 e. The van der Waals surface area contributed by atoms with Crippen molar-refractivity contribution in [3.63, 3.8) is 0 Å². The number of nitrogen functional groups attached to an aromatic ring is 1. The first-order valence-corrected chi connectivity index (χ1v) is 8.24. The van der Waals surface area contributed by atoms with Gasteiger partial charge in [0, 0.05) is 23.2 Å². The molecule has 0 saturated carbocycles. The van der Waals surface area contributed by atoms with Crippen molar-refractivity contribution in [1.82, 2.24) is 4.31 Å². The largest absolute Gasteiger partial charge is 0.398 e. The first-order chi connectivity index (χ1) is 8.84. The molecule has 0 unspecified atom stereocenters. The molecule has 0 amide bonds. The molecule has 0 fully saturated rings. The number of anilines is 1. The average Bonchev–Trinajstić information content (AvgIpc) is 2.33. The predicted octanol–water partition coefficient (Wildman–Crippen LogP) is 2.93. The summed E-state index contributed by atoms with van der Waals surface area (Å²) in [7, 11) is -3.55. The summed E-state index contributed by atoms with van der Waals surface area (Å²) in [4.78, 5) is 0.245. The molecule has 0 aliphatic heterocycles. The Labute approximate surface area is 123 Å². The third kappa shape index (κ3) is 3.58. The smallest absolute Gasteiger partial charge is 0.243 e. The third-order valence-electron chi connectivity index (χ3n) is 2.79. The van der Waals surface area contributed by atoms with Crippen molar-refractivity contribution in [2.45, 2.75) is 25.2 Å². The normalized spacial score (nSPS) is 11.8. The van der Waals surface area contributed by atoms with Crippen LogP contribution in [0.25, 0.3) is 0 Å². The summed E-state index contributed by atoms with van der Waals surface area (Å²) in [6.07, 6.45) is 2.33. The third-order valence-corrected chi connectivity index (χ3v) is 5.24. The van der Waals surface area contributed by atoms with Crippen LogP contribution >= 0.6 is 15.9 Å². The summed E-state index contributed by atoms with van der Waals surface area (Å²) in [5.74, 6) is 0. The standard InChI is InChI=1S/C13H19BrN2O2S/c1-4-6-16(7-5-2)19(17,18)13-9-11(14)8-12(15)10(13)3/h4,8-9H,1,5-7,15H2,2-3H3. The van der Waals surface area contributed by atoms with Crippen LogP contribution in [0.1, 0.15) is 18.9 Å².